The van der Waals surface area contributed by atoms with Gasteiger partial charge in [0.2, 0.25) is 0 Å². The first-order chi connectivity index (χ1) is 14.2. The second kappa shape index (κ2) is 7.10. The zero-order valence-corrected chi connectivity index (χ0v) is 16.8. The first-order valence-electron chi connectivity index (χ1n) is 10.0. The van der Waals surface area contributed by atoms with E-state index in [1.54, 1.807) is 0 Å². The zero-order chi connectivity index (χ0) is 19.8. The van der Waals surface area contributed by atoms with Gasteiger partial charge in [0.05, 0.1) is 5.69 Å². The molecule has 140 valence electrons. The first-order valence-corrected chi connectivity index (χ1v) is 10.0. The second-order valence-electron chi connectivity index (χ2n) is 7.67. The molecule has 5 aromatic carbocycles. The number of hydrogen-bond donors (Lipinski definition) is 0. The van der Waals surface area contributed by atoms with Crippen LogP contribution < -0.4 is 4.90 Å². The molecule has 1 nitrogen and oxygen atoms in total. The van der Waals surface area contributed by atoms with Crippen molar-refractivity contribution >= 4 is 38.6 Å². The molecular formula is C28H23N. The van der Waals surface area contributed by atoms with Gasteiger partial charge < -0.3 is 4.90 Å². The molecule has 0 spiro atoms. The Labute approximate surface area is 171 Å². The summed E-state index contributed by atoms with van der Waals surface area (Å²) >= 11 is 0. The molecule has 0 radical (unpaired) electrons. The van der Waals surface area contributed by atoms with Crippen molar-refractivity contribution in [3.63, 3.8) is 0 Å². The van der Waals surface area contributed by atoms with Crippen molar-refractivity contribution in [2.24, 2.45) is 0 Å². The van der Waals surface area contributed by atoms with Crippen molar-refractivity contribution in [2.75, 3.05) is 4.90 Å². The van der Waals surface area contributed by atoms with Crippen LogP contribution in [0.4, 0.5) is 17.1 Å². The highest BCUT2D eigenvalue weighted by Gasteiger charge is 2.16. The molecule has 0 heterocycles. The number of anilines is 3. The van der Waals surface area contributed by atoms with Gasteiger partial charge in [0.25, 0.3) is 0 Å². The average Bonchev–Trinajstić information content (AvgIpc) is 2.76. The molecule has 0 saturated carbocycles. The molecule has 0 saturated heterocycles. The Hall–Kier alpha value is -3.58. The summed E-state index contributed by atoms with van der Waals surface area (Å²) in [5.74, 6) is 0. The van der Waals surface area contributed by atoms with Crippen molar-refractivity contribution in [1.29, 1.82) is 0 Å². The van der Waals surface area contributed by atoms with Gasteiger partial charge in [0.15, 0.2) is 0 Å². The van der Waals surface area contributed by atoms with E-state index in [-0.39, 0.29) is 0 Å². The van der Waals surface area contributed by atoms with Gasteiger partial charge >= 0.3 is 0 Å². The zero-order valence-electron chi connectivity index (χ0n) is 16.8. The highest BCUT2D eigenvalue weighted by atomic mass is 15.1. The molecule has 0 amide bonds. The van der Waals surface area contributed by atoms with Crippen LogP contribution in [0, 0.1) is 13.8 Å². The Morgan fingerprint density at radius 3 is 1.55 bits per heavy atom. The minimum atomic E-state index is 1.17. The Kier molecular flexibility index (Phi) is 4.29. The van der Waals surface area contributed by atoms with Crippen molar-refractivity contribution in [3.05, 3.63) is 114 Å². The molecule has 0 unspecified atom stereocenters. The van der Waals surface area contributed by atoms with Crippen molar-refractivity contribution in [1.82, 2.24) is 0 Å². The summed E-state index contributed by atoms with van der Waals surface area (Å²) in [5.41, 5.74) is 6.06. The maximum atomic E-state index is 2.37. The van der Waals surface area contributed by atoms with Gasteiger partial charge in [-0.2, -0.15) is 0 Å². The third-order valence-electron chi connectivity index (χ3n) is 5.57. The lowest BCUT2D eigenvalue weighted by Gasteiger charge is -2.27. The van der Waals surface area contributed by atoms with Crippen molar-refractivity contribution < 1.29 is 0 Å². The monoisotopic (exact) mass is 373 g/mol. The Bertz CT molecular complexity index is 1250. The normalized spacial score (nSPS) is 11.1. The van der Waals surface area contributed by atoms with Gasteiger partial charge in [0.1, 0.15) is 0 Å². The maximum absolute atomic E-state index is 2.37. The van der Waals surface area contributed by atoms with Gasteiger partial charge in [-0.1, -0.05) is 83.9 Å². The van der Waals surface area contributed by atoms with Crippen LogP contribution in [0.5, 0.6) is 0 Å². The molecule has 0 N–H and O–H groups in total. The quantitative estimate of drug-likeness (QED) is 0.289. The van der Waals surface area contributed by atoms with Crippen molar-refractivity contribution in [2.45, 2.75) is 13.8 Å². The molecule has 29 heavy (non-hydrogen) atoms. The molecule has 0 aliphatic carbocycles. The van der Waals surface area contributed by atoms with Crippen LogP contribution in [0.25, 0.3) is 21.5 Å². The molecule has 5 aromatic rings. The average molecular weight is 373 g/mol. The summed E-state index contributed by atoms with van der Waals surface area (Å²) in [7, 11) is 0. The van der Waals surface area contributed by atoms with E-state index in [0.29, 0.717) is 0 Å². The molecule has 0 bridgehead atoms. The van der Waals surface area contributed by atoms with Crippen LogP contribution in [-0.2, 0) is 0 Å². The third kappa shape index (κ3) is 3.15. The Balaban J connectivity index is 1.85. The van der Waals surface area contributed by atoms with Crippen LogP contribution in [0.3, 0.4) is 0 Å². The van der Waals surface area contributed by atoms with E-state index in [9.17, 15) is 0 Å². The van der Waals surface area contributed by atoms with Crippen LogP contribution in [0.2, 0.25) is 0 Å². The minimum Gasteiger partial charge on any atom is -0.310 e. The number of fused-ring (bicyclic) bond motifs is 3. The number of benzene rings is 5. The molecule has 1 heteroatoms. The summed E-state index contributed by atoms with van der Waals surface area (Å²) in [6, 6.07) is 37.2. The topological polar surface area (TPSA) is 3.24 Å². The maximum Gasteiger partial charge on any atom is 0.0546 e. The van der Waals surface area contributed by atoms with E-state index >= 15 is 0 Å². The van der Waals surface area contributed by atoms with Gasteiger partial charge in [0, 0.05) is 16.8 Å². The minimum absolute atomic E-state index is 1.17. The van der Waals surface area contributed by atoms with E-state index in [0.717, 1.165) is 0 Å². The smallest absolute Gasteiger partial charge is 0.0546 e. The molecule has 0 fully saturated rings. The predicted octanol–water partition coefficient (Wildman–Crippen LogP) is 8.08. The number of rotatable bonds is 3. The van der Waals surface area contributed by atoms with Gasteiger partial charge in [-0.3, -0.25) is 0 Å². The van der Waals surface area contributed by atoms with Crippen LogP contribution in [0.1, 0.15) is 11.1 Å². The van der Waals surface area contributed by atoms with Crippen LogP contribution in [0.15, 0.2) is 103 Å². The Morgan fingerprint density at radius 1 is 0.483 bits per heavy atom. The second-order valence-corrected chi connectivity index (χ2v) is 7.67. The molecule has 0 aliphatic heterocycles. The van der Waals surface area contributed by atoms with Crippen LogP contribution in [-0.4, -0.2) is 0 Å². The lowest BCUT2D eigenvalue weighted by atomic mass is 9.99. The number of aryl methyl sites for hydroxylation is 2. The standard InChI is InChI=1S/C28H23N/c1-20-11-15-23(16-12-20)29(24-17-13-21(2)14-18-24)28-19-22-7-3-4-8-25(22)26-9-5-6-10-27(26)28/h3-19H,1-2H3. The Morgan fingerprint density at radius 2 is 0.966 bits per heavy atom. The number of hydrogen-bond acceptors (Lipinski definition) is 1. The number of nitrogens with zero attached hydrogens (tertiary/aromatic N) is 1. The summed E-state index contributed by atoms with van der Waals surface area (Å²) in [5, 5.41) is 5.09. The third-order valence-corrected chi connectivity index (χ3v) is 5.57. The van der Waals surface area contributed by atoms with Gasteiger partial charge in [-0.25, -0.2) is 0 Å². The molecular weight excluding hydrogens is 350 g/mol. The summed E-state index contributed by atoms with van der Waals surface area (Å²) in [4.78, 5) is 2.37. The fourth-order valence-electron chi connectivity index (χ4n) is 4.03. The highest BCUT2D eigenvalue weighted by Crippen LogP contribution is 2.41. The molecule has 0 aliphatic rings. The summed E-state index contributed by atoms with van der Waals surface area (Å²) in [6.07, 6.45) is 0. The van der Waals surface area contributed by atoms with Gasteiger partial charge in [-0.05, 0) is 60.3 Å². The van der Waals surface area contributed by atoms with Crippen LogP contribution >= 0.6 is 0 Å². The summed E-state index contributed by atoms with van der Waals surface area (Å²) in [6.45, 7) is 4.26. The fraction of sp³-hybridized carbons (Fsp3) is 0.0714. The lowest BCUT2D eigenvalue weighted by molar-refractivity contribution is 1.28. The predicted molar refractivity (Wildman–Crippen MR) is 126 cm³/mol. The largest absolute Gasteiger partial charge is 0.310 e. The van der Waals surface area contributed by atoms with E-state index in [1.165, 1.54) is 49.7 Å². The van der Waals surface area contributed by atoms with Crippen molar-refractivity contribution in [3.8, 4) is 0 Å². The lowest BCUT2D eigenvalue weighted by Crippen LogP contribution is -2.10. The van der Waals surface area contributed by atoms with E-state index in [4.69, 9.17) is 0 Å². The van der Waals surface area contributed by atoms with E-state index in [1.807, 2.05) is 0 Å². The fourth-order valence-corrected chi connectivity index (χ4v) is 4.03. The first kappa shape index (κ1) is 17.5. The highest BCUT2D eigenvalue weighted by molar-refractivity contribution is 6.14. The van der Waals surface area contributed by atoms with E-state index < -0.39 is 0 Å². The SMILES string of the molecule is Cc1ccc(N(c2ccc(C)cc2)c2cc3ccccc3c3ccccc23)cc1. The molecule has 0 aromatic heterocycles. The molecule has 5 rings (SSSR count). The molecule has 0 atom stereocenters. The van der Waals surface area contributed by atoms with Gasteiger partial charge in [-0.15, -0.1) is 0 Å². The van der Waals surface area contributed by atoms with E-state index in [2.05, 4.69) is 122 Å². The summed E-state index contributed by atoms with van der Waals surface area (Å²) < 4.78 is 0.